The van der Waals surface area contributed by atoms with Gasteiger partial charge in [0, 0.05) is 39.2 Å². The average molecular weight is 772 g/mol. The van der Waals surface area contributed by atoms with Crippen molar-refractivity contribution in [3.05, 3.63) is 53.6 Å². The van der Waals surface area contributed by atoms with E-state index in [1.165, 1.54) is 4.90 Å². The summed E-state index contributed by atoms with van der Waals surface area (Å²) in [6.07, 6.45) is -0.0363. The Kier molecular flexibility index (Phi) is 18.0. The average Bonchev–Trinajstić information content (AvgIpc) is 3.13. The minimum Gasteiger partial charge on any atom is -0.497 e. The van der Waals surface area contributed by atoms with Crippen LogP contribution in [0.25, 0.3) is 0 Å². The monoisotopic (exact) mass is 771 g/mol. The highest BCUT2D eigenvalue weighted by Crippen LogP contribution is 2.36. The number of carbonyl (C=O) groups is 3. The molecule has 55 heavy (non-hydrogen) atoms. The standard InChI is InChI=1S/C42H65N3O10/c1-11-53-26-34(30-14-16-32(51-9)17-15-30)43-39(47)33(27(2)3)24-36(46)35-23-31(28(4)25-45(35)40(48)44-41(49)55-42(5,6)7)21-29-13-18-37(52-10)38(22-29)54-20-12-19-50-8/h13-18,22,27-28,31,33-36,46H,11-12,19-21,23-26H2,1-10H3,(H,43,47)(H,44,48,49)/t28-,31+,33+,34-,35+,36+/m1/s1. The van der Waals surface area contributed by atoms with E-state index in [0.717, 1.165) is 17.5 Å². The second kappa shape index (κ2) is 21.9. The summed E-state index contributed by atoms with van der Waals surface area (Å²) in [6.45, 7) is 15.1. The van der Waals surface area contributed by atoms with Crippen LogP contribution in [0.2, 0.25) is 0 Å². The van der Waals surface area contributed by atoms with E-state index in [4.69, 9.17) is 28.4 Å². The molecule has 0 radical (unpaired) electrons. The highest BCUT2D eigenvalue weighted by molar-refractivity contribution is 5.91. The van der Waals surface area contributed by atoms with Gasteiger partial charge in [-0.3, -0.25) is 4.79 Å². The SMILES string of the molecule is CCOC[C@@H](NC(=O)[C@@H](C[C@H](O)[C@@H]1C[C@H](Cc2ccc(OC)c(OCCCOC)c2)[C@H](C)CN1C(=O)NC(=O)OC(C)(C)C)C(C)C)c1ccc(OC)cc1. The molecule has 0 unspecified atom stereocenters. The maximum Gasteiger partial charge on any atom is 0.415 e. The second-order valence-corrected chi connectivity index (χ2v) is 15.7. The van der Waals surface area contributed by atoms with E-state index in [9.17, 15) is 19.5 Å². The molecule has 4 amide bonds. The first-order chi connectivity index (χ1) is 26.1. The summed E-state index contributed by atoms with van der Waals surface area (Å²) in [4.78, 5) is 42.0. The van der Waals surface area contributed by atoms with Gasteiger partial charge >= 0.3 is 12.1 Å². The predicted molar refractivity (Wildman–Crippen MR) is 211 cm³/mol. The third-order valence-electron chi connectivity index (χ3n) is 9.98. The summed E-state index contributed by atoms with van der Waals surface area (Å²) in [5.41, 5.74) is 1.08. The van der Waals surface area contributed by atoms with Crippen LogP contribution in [0, 0.1) is 23.7 Å². The number of benzene rings is 2. The Hall–Kier alpha value is -4.07. The number of ether oxygens (including phenoxy) is 6. The van der Waals surface area contributed by atoms with Gasteiger partial charge in [0.25, 0.3) is 0 Å². The van der Waals surface area contributed by atoms with Crippen molar-refractivity contribution in [3.63, 3.8) is 0 Å². The summed E-state index contributed by atoms with van der Waals surface area (Å²) in [5, 5.41) is 17.6. The lowest BCUT2D eigenvalue weighted by Gasteiger charge is -2.45. The van der Waals surface area contributed by atoms with Crippen LogP contribution in [0.15, 0.2) is 42.5 Å². The number of likely N-dealkylation sites (tertiary alicyclic amines) is 1. The van der Waals surface area contributed by atoms with E-state index in [0.29, 0.717) is 49.9 Å². The normalized spacial score (nSPS) is 18.9. The van der Waals surface area contributed by atoms with Crippen LogP contribution < -0.4 is 24.8 Å². The van der Waals surface area contributed by atoms with Gasteiger partial charge in [-0.05, 0) is 100 Å². The molecule has 2 aromatic carbocycles. The highest BCUT2D eigenvalue weighted by atomic mass is 16.6. The number of aliphatic hydroxyl groups excluding tert-OH is 1. The Labute approximate surface area is 327 Å². The molecule has 1 heterocycles. The lowest BCUT2D eigenvalue weighted by atomic mass is 9.76. The molecule has 6 atom stereocenters. The Bertz CT molecular complexity index is 1500. The number of amides is 4. The van der Waals surface area contributed by atoms with Gasteiger partial charge in [-0.25, -0.2) is 14.9 Å². The molecule has 2 aromatic rings. The minimum atomic E-state index is -1.08. The minimum absolute atomic E-state index is 0.00836. The Morgan fingerprint density at radius 1 is 0.982 bits per heavy atom. The summed E-state index contributed by atoms with van der Waals surface area (Å²) in [7, 11) is 4.85. The second-order valence-electron chi connectivity index (χ2n) is 15.7. The van der Waals surface area contributed by atoms with Crippen LogP contribution in [0.1, 0.15) is 84.9 Å². The maximum atomic E-state index is 14.0. The zero-order chi connectivity index (χ0) is 40.7. The zero-order valence-corrected chi connectivity index (χ0v) is 34.5. The van der Waals surface area contributed by atoms with Crippen LogP contribution in [-0.4, -0.2) is 100 Å². The Morgan fingerprint density at radius 3 is 2.29 bits per heavy atom. The number of alkyl carbamates (subject to hydrolysis) is 1. The van der Waals surface area contributed by atoms with Crippen molar-refractivity contribution >= 4 is 18.0 Å². The van der Waals surface area contributed by atoms with Gasteiger partial charge in [0.15, 0.2) is 11.5 Å². The molecule has 0 saturated carbocycles. The van der Waals surface area contributed by atoms with Crippen LogP contribution in [0.3, 0.4) is 0 Å². The topological polar surface area (TPSA) is 154 Å². The Balaban J connectivity index is 1.88. The molecule has 1 saturated heterocycles. The molecule has 13 heteroatoms. The van der Waals surface area contributed by atoms with Gasteiger partial charge < -0.3 is 43.7 Å². The smallest absolute Gasteiger partial charge is 0.415 e. The molecule has 3 rings (SSSR count). The van der Waals surface area contributed by atoms with Gasteiger partial charge in [-0.15, -0.1) is 0 Å². The summed E-state index contributed by atoms with van der Waals surface area (Å²) >= 11 is 0. The number of piperidine rings is 1. The molecule has 13 nitrogen and oxygen atoms in total. The number of aliphatic hydroxyl groups is 1. The van der Waals surface area contributed by atoms with Crippen molar-refractivity contribution < 1.29 is 47.9 Å². The van der Waals surface area contributed by atoms with E-state index in [2.05, 4.69) is 17.6 Å². The van der Waals surface area contributed by atoms with Gasteiger partial charge in [-0.1, -0.05) is 39.0 Å². The van der Waals surface area contributed by atoms with Crippen LogP contribution in [0.5, 0.6) is 17.2 Å². The number of urea groups is 1. The maximum absolute atomic E-state index is 14.0. The number of carbonyl (C=O) groups excluding carboxylic acids is 3. The summed E-state index contributed by atoms with van der Waals surface area (Å²) in [5.74, 6) is 1.07. The lowest BCUT2D eigenvalue weighted by Crippen LogP contribution is -2.58. The van der Waals surface area contributed by atoms with Crippen molar-refractivity contribution in [3.8, 4) is 17.2 Å². The van der Waals surface area contributed by atoms with Gasteiger partial charge in [-0.2, -0.15) is 0 Å². The van der Waals surface area contributed by atoms with E-state index in [1.54, 1.807) is 42.1 Å². The van der Waals surface area contributed by atoms with Crippen LogP contribution in [-0.2, 0) is 25.4 Å². The molecule has 0 bridgehead atoms. The highest BCUT2D eigenvalue weighted by Gasteiger charge is 2.42. The predicted octanol–water partition coefficient (Wildman–Crippen LogP) is 6.55. The molecule has 0 aliphatic carbocycles. The fourth-order valence-electron chi connectivity index (χ4n) is 6.93. The third-order valence-corrected chi connectivity index (χ3v) is 9.98. The molecule has 308 valence electrons. The van der Waals surface area contributed by atoms with Crippen molar-refractivity contribution in [2.24, 2.45) is 23.7 Å². The fourth-order valence-corrected chi connectivity index (χ4v) is 6.93. The number of methoxy groups -OCH3 is 3. The lowest BCUT2D eigenvalue weighted by molar-refractivity contribution is -0.129. The van der Waals surface area contributed by atoms with Crippen molar-refractivity contribution in [1.82, 2.24) is 15.5 Å². The molecule has 3 N–H and O–H groups in total. The first kappa shape index (κ1) is 45.3. The summed E-state index contributed by atoms with van der Waals surface area (Å²) < 4.78 is 33.2. The van der Waals surface area contributed by atoms with Gasteiger partial charge in [0.05, 0.1) is 45.6 Å². The first-order valence-electron chi connectivity index (χ1n) is 19.4. The molecule has 0 spiro atoms. The fraction of sp³-hybridized carbons (Fsp3) is 0.643. The van der Waals surface area contributed by atoms with Crippen molar-refractivity contribution in [1.29, 1.82) is 0 Å². The molecule has 1 aliphatic heterocycles. The summed E-state index contributed by atoms with van der Waals surface area (Å²) in [6, 6.07) is 11.6. The molecule has 1 fully saturated rings. The van der Waals surface area contributed by atoms with E-state index >= 15 is 0 Å². The molecular formula is C42H65N3O10. The first-order valence-corrected chi connectivity index (χ1v) is 19.4. The number of imide groups is 1. The number of hydrogen-bond acceptors (Lipinski definition) is 10. The molecule has 1 aliphatic rings. The Morgan fingerprint density at radius 2 is 1.69 bits per heavy atom. The number of rotatable bonds is 19. The van der Waals surface area contributed by atoms with Gasteiger partial charge in [0.2, 0.25) is 5.91 Å². The van der Waals surface area contributed by atoms with Crippen molar-refractivity contribution in [2.75, 3.05) is 54.3 Å². The largest absolute Gasteiger partial charge is 0.497 e. The van der Waals surface area contributed by atoms with Crippen molar-refractivity contribution in [2.45, 2.75) is 97.9 Å². The van der Waals surface area contributed by atoms with Gasteiger partial charge in [0.1, 0.15) is 11.4 Å². The van der Waals surface area contributed by atoms with Crippen LogP contribution >= 0.6 is 0 Å². The zero-order valence-electron chi connectivity index (χ0n) is 34.5. The molecule has 0 aromatic heterocycles. The number of nitrogens with zero attached hydrogens (tertiary/aromatic N) is 1. The third kappa shape index (κ3) is 14.2. The van der Waals surface area contributed by atoms with E-state index in [1.807, 2.05) is 63.2 Å². The molecular weight excluding hydrogens is 706 g/mol. The number of nitrogens with one attached hydrogen (secondary N) is 2. The quantitative estimate of drug-likeness (QED) is 0.134. The number of hydrogen-bond donors (Lipinski definition) is 3. The van der Waals surface area contributed by atoms with E-state index < -0.39 is 41.8 Å². The van der Waals surface area contributed by atoms with Crippen LogP contribution in [0.4, 0.5) is 9.59 Å². The van der Waals surface area contributed by atoms with E-state index in [-0.39, 0.29) is 43.2 Å².